The highest BCUT2D eigenvalue weighted by Crippen LogP contribution is 2.49. The lowest BCUT2D eigenvalue weighted by Gasteiger charge is -2.53. The third-order valence-electron chi connectivity index (χ3n) is 4.95. The van der Waals surface area contributed by atoms with Crippen LogP contribution >= 0.6 is 0 Å². The van der Waals surface area contributed by atoms with E-state index in [9.17, 15) is 0 Å². The zero-order valence-electron chi connectivity index (χ0n) is 12.0. The van der Waals surface area contributed by atoms with Crippen LogP contribution < -0.4 is 10.5 Å². The Labute approximate surface area is 115 Å². The first kappa shape index (κ1) is 12.9. The molecular weight excluding hydrogens is 238 g/mol. The molecule has 19 heavy (non-hydrogen) atoms. The zero-order chi connectivity index (χ0) is 13.6. The normalized spacial score (nSPS) is 28.4. The molecule has 2 fully saturated rings. The van der Waals surface area contributed by atoms with Gasteiger partial charge in [-0.15, -0.1) is 0 Å². The van der Waals surface area contributed by atoms with E-state index in [1.807, 2.05) is 0 Å². The Morgan fingerprint density at radius 3 is 2.37 bits per heavy atom. The van der Waals surface area contributed by atoms with Crippen molar-refractivity contribution in [2.75, 3.05) is 20.3 Å². The van der Waals surface area contributed by atoms with Crippen molar-refractivity contribution < 1.29 is 9.47 Å². The summed E-state index contributed by atoms with van der Waals surface area (Å²) in [5.74, 6) is 1.66. The molecule has 1 aliphatic carbocycles. The van der Waals surface area contributed by atoms with Crippen molar-refractivity contribution in [2.24, 2.45) is 11.7 Å². The van der Waals surface area contributed by atoms with Crippen molar-refractivity contribution in [3.8, 4) is 5.75 Å². The number of nitrogens with two attached hydrogens (primary N) is 1. The fourth-order valence-electron chi connectivity index (χ4n) is 3.59. The third kappa shape index (κ3) is 1.87. The van der Waals surface area contributed by atoms with Gasteiger partial charge in [-0.1, -0.05) is 6.07 Å². The van der Waals surface area contributed by atoms with Crippen LogP contribution in [0.1, 0.15) is 29.5 Å². The number of methoxy groups -OCH3 is 1. The molecule has 1 heterocycles. The molecule has 1 saturated heterocycles. The standard InChI is InChI=1S/C16H23NO2/c1-10-5-15(18-3)11(2)4-14(10)16(8-19-9-16)12-6-13(17)7-12/h4-5,12-13H,6-9,17H2,1-3H3. The van der Waals surface area contributed by atoms with Gasteiger partial charge in [-0.3, -0.25) is 0 Å². The van der Waals surface area contributed by atoms with Crippen LogP contribution in [0.3, 0.4) is 0 Å². The van der Waals surface area contributed by atoms with Crippen molar-refractivity contribution in [1.82, 2.24) is 0 Å². The van der Waals surface area contributed by atoms with Crippen LogP contribution in [0.5, 0.6) is 5.75 Å². The number of rotatable bonds is 3. The van der Waals surface area contributed by atoms with Gasteiger partial charge in [0.15, 0.2) is 0 Å². The molecule has 3 rings (SSSR count). The lowest BCUT2D eigenvalue weighted by atomic mass is 9.58. The first-order chi connectivity index (χ1) is 9.06. The molecule has 3 heteroatoms. The van der Waals surface area contributed by atoms with Gasteiger partial charge >= 0.3 is 0 Å². The molecule has 3 nitrogen and oxygen atoms in total. The quantitative estimate of drug-likeness (QED) is 0.908. The largest absolute Gasteiger partial charge is 0.496 e. The van der Waals surface area contributed by atoms with Crippen LogP contribution in [-0.4, -0.2) is 26.4 Å². The SMILES string of the molecule is COc1cc(C)c(C2(C3CC(N)C3)COC2)cc1C. The second-order valence-corrected chi connectivity index (χ2v) is 6.21. The van der Waals surface area contributed by atoms with E-state index in [4.69, 9.17) is 15.2 Å². The highest BCUT2D eigenvalue weighted by atomic mass is 16.5. The number of hydrogen-bond donors (Lipinski definition) is 1. The van der Waals surface area contributed by atoms with Gasteiger partial charge in [0, 0.05) is 11.5 Å². The summed E-state index contributed by atoms with van der Waals surface area (Å²) in [5, 5.41) is 0. The molecule has 2 N–H and O–H groups in total. The van der Waals surface area contributed by atoms with E-state index in [2.05, 4.69) is 26.0 Å². The minimum absolute atomic E-state index is 0.205. The lowest BCUT2D eigenvalue weighted by molar-refractivity contribution is -0.111. The number of ether oxygens (including phenoxy) is 2. The molecule has 0 radical (unpaired) electrons. The summed E-state index contributed by atoms with van der Waals surface area (Å²) >= 11 is 0. The number of hydrogen-bond acceptors (Lipinski definition) is 3. The van der Waals surface area contributed by atoms with E-state index in [0.717, 1.165) is 31.8 Å². The average Bonchev–Trinajstić information content (AvgIpc) is 2.29. The van der Waals surface area contributed by atoms with Crippen LogP contribution in [0.4, 0.5) is 0 Å². The second kappa shape index (κ2) is 4.50. The van der Waals surface area contributed by atoms with Gasteiger partial charge in [0.2, 0.25) is 0 Å². The summed E-state index contributed by atoms with van der Waals surface area (Å²) in [6.07, 6.45) is 2.27. The number of benzene rings is 1. The van der Waals surface area contributed by atoms with Crippen LogP contribution in [0.2, 0.25) is 0 Å². The highest BCUT2D eigenvalue weighted by Gasteiger charge is 2.51. The molecule has 2 aliphatic rings. The Balaban J connectivity index is 1.98. The van der Waals surface area contributed by atoms with Crippen molar-refractivity contribution in [3.63, 3.8) is 0 Å². The summed E-state index contributed by atoms with van der Waals surface area (Å²) in [6, 6.07) is 4.84. The number of aryl methyl sites for hydroxylation is 2. The molecule has 104 valence electrons. The third-order valence-corrected chi connectivity index (χ3v) is 4.95. The van der Waals surface area contributed by atoms with Crippen molar-refractivity contribution in [1.29, 1.82) is 0 Å². The summed E-state index contributed by atoms with van der Waals surface area (Å²) < 4.78 is 11.0. The van der Waals surface area contributed by atoms with Crippen molar-refractivity contribution >= 4 is 0 Å². The van der Waals surface area contributed by atoms with Gasteiger partial charge < -0.3 is 15.2 Å². The Hall–Kier alpha value is -1.06. The molecule has 0 atom stereocenters. The second-order valence-electron chi connectivity index (χ2n) is 6.21. The van der Waals surface area contributed by atoms with E-state index in [0.29, 0.717) is 12.0 Å². The van der Waals surface area contributed by atoms with Crippen LogP contribution in [0, 0.1) is 19.8 Å². The molecule has 0 unspecified atom stereocenters. The predicted molar refractivity (Wildman–Crippen MR) is 75.7 cm³/mol. The topological polar surface area (TPSA) is 44.5 Å². The van der Waals surface area contributed by atoms with Gasteiger partial charge in [0.25, 0.3) is 0 Å². The monoisotopic (exact) mass is 261 g/mol. The molecule has 0 aromatic heterocycles. The van der Waals surface area contributed by atoms with Gasteiger partial charge in [-0.2, -0.15) is 0 Å². The maximum Gasteiger partial charge on any atom is 0.122 e. The van der Waals surface area contributed by atoms with E-state index < -0.39 is 0 Å². The molecule has 1 saturated carbocycles. The van der Waals surface area contributed by atoms with E-state index in [1.165, 1.54) is 16.7 Å². The molecule has 0 spiro atoms. The molecule has 1 aromatic rings. The van der Waals surface area contributed by atoms with Crippen molar-refractivity contribution in [3.05, 3.63) is 28.8 Å². The average molecular weight is 261 g/mol. The van der Waals surface area contributed by atoms with E-state index in [-0.39, 0.29) is 5.41 Å². The molecular formula is C16H23NO2. The maximum atomic E-state index is 5.98. The highest BCUT2D eigenvalue weighted by molar-refractivity contribution is 5.46. The van der Waals surface area contributed by atoms with Gasteiger partial charge in [-0.25, -0.2) is 0 Å². The minimum Gasteiger partial charge on any atom is -0.496 e. The van der Waals surface area contributed by atoms with Crippen molar-refractivity contribution in [2.45, 2.75) is 38.1 Å². The molecule has 0 amide bonds. The van der Waals surface area contributed by atoms with E-state index in [1.54, 1.807) is 7.11 Å². The fraction of sp³-hybridized carbons (Fsp3) is 0.625. The van der Waals surface area contributed by atoms with Gasteiger partial charge in [0.05, 0.1) is 20.3 Å². The molecule has 1 aromatic carbocycles. The fourth-order valence-corrected chi connectivity index (χ4v) is 3.59. The lowest BCUT2D eigenvalue weighted by Crippen LogP contribution is -2.58. The van der Waals surface area contributed by atoms with Gasteiger partial charge in [-0.05, 0) is 55.4 Å². The Kier molecular flexibility index (Phi) is 3.06. The first-order valence-corrected chi connectivity index (χ1v) is 7.06. The first-order valence-electron chi connectivity index (χ1n) is 7.06. The smallest absolute Gasteiger partial charge is 0.122 e. The summed E-state index contributed by atoms with van der Waals surface area (Å²) in [5.41, 5.74) is 10.1. The van der Waals surface area contributed by atoms with E-state index >= 15 is 0 Å². The predicted octanol–water partition coefficient (Wildman–Crippen LogP) is 2.32. The Bertz CT molecular complexity index is 488. The summed E-state index contributed by atoms with van der Waals surface area (Å²) in [4.78, 5) is 0. The Morgan fingerprint density at radius 1 is 1.21 bits per heavy atom. The minimum atomic E-state index is 0.205. The van der Waals surface area contributed by atoms with Gasteiger partial charge in [0.1, 0.15) is 5.75 Å². The zero-order valence-corrected chi connectivity index (χ0v) is 12.0. The summed E-state index contributed by atoms with van der Waals surface area (Å²) in [7, 11) is 1.73. The van der Waals surface area contributed by atoms with Crippen LogP contribution in [0.15, 0.2) is 12.1 Å². The maximum absolute atomic E-state index is 5.98. The van der Waals surface area contributed by atoms with Crippen LogP contribution in [-0.2, 0) is 10.2 Å². The Morgan fingerprint density at radius 2 is 1.89 bits per heavy atom. The molecule has 1 aliphatic heterocycles. The van der Waals surface area contributed by atoms with Crippen LogP contribution in [0.25, 0.3) is 0 Å². The molecule has 0 bridgehead atoms. The summed E-state index contributed by atoms with van der Waals surface area (Å²) in [6.45, 7) is 5.98.